The topological polar surface area (TPSA) is 23.6 Å². The second-order valence-electron chi connectivity index (χ2n) is 7.06. The minimum Gasteiger partial charge on any atom is -0.360 e. The fourth-order valence-electron chi connectivity index (χ4n) is 3.59. The lowest BCUT2D eigenvalue weighted by atomic mass is 10.1. The van der Waals surface area contributed by atoms with Gasteiger partial charge in [-0.2, -0.15) is 13.2 Å². The van der Waals surface area contributed by atoms with Crippen LogP contribution in [-0.2, 0) is 17.4 Å². The van der Waals surface area contributed by atoms with E-state index in [1.54, 1.807) is 24.3 Å². The van der Waals surface area contributed by atoms with Crippen molar-refractivity contribution in [3.63, 3.8) is 0 Å². The molecular weight excluding hydrogens is 396 g/mol. The van der Waals surface area contributed by atoms with Crippen LogP contribution < -0.4 is 9.80 Å². The molecule has 154 valence electrons. The van der Waals surface area contributed by atoms with Gasteiger partial charge in [0, 0.05) is 12.2 Å². The summed E-state index contributed by atoms with van der Waals surface area (Å²) in [6.45, 7) is 0.555. The van der Waals surface area contributed by atoms with Crippen molar-refractivity contribution in [1.29, 1.82) is 0 Å². The van der Waals surface area contributed by atoms with Crippen molar-refractivity contribution >= 4 is 23.0 Å². The predicted molar refractivity (Wildman–Crippen MR) is 107 cm³/mol. The third-order valence-electron chi connectivity index (χ3n) is 5.05. The highest BCUT2D eigenvalue weighted by Crippen LogP contribution is 2.40. The smallest absolute Gasteiger partial charge is 0.360 e. The number of amides is 1. The van der Waals surface area contributed by atoms with Gasteiger partial charge in [0.05, 0.1) is 23.5 Å². The first-order chi connectivity index (χ1) is 14.3. The van der Waals surface area contributed by atoms with E-state index >= 15 is 0 Å². The van der Waals surface area contributed by atoms with Crippen LogP contribution >= 0.6 is 0 Å². The van der Waals surface area contributed by atoms with Gasteiger partial charge in [-0.1, -0.05) is 30.3 Å². The van der Waals surface area contributed by atoms with E-state index in [0.29, 0.717) is 18.7 Å². The number of anilines is 3. The van der Waals surface area contributed by atoms with E-state index in [0.717, 1.165) is 23.4 Å². The molecule has 7 heteroatoms. The summed E-state index contributed by atoms with van der Waals surface area (Å²) >= 11 is 0. The number of para-hydroxylation sites is 2. The van der Waals surface area contributed by atoms with Gasteiger partial charge in [0.1, 0.15) is 5.82 Å². The van der Waals surface area contributed by atoms with Crippen LogP contribution in [0.3, 0.4) is 0 Å². The molecule has 0 fully saturated rings. The Balaban J connectivity index is 1.64. The Morgan fingerprint density at radius 1 is 0.867 bits per heavy atom. The number of carbonyl (C=O) groups is 1. The molecular formula is C23H18F4N2O. The van der Waals surface area contributed by atoms with Gasteiger partial charge in [-0.25, -0.2) is 4.39 Å². The van der Waals surface area contributed by atoms with Crippen LogP contribution in [0.1, 0.15) is 11.1 Å². The molecule has 0 atom stereocenters. The van der Waals surface area contributed by atoms with Crippen LogP contribution in [-0.4, -0.2) is 19.0 Å². The van der Waals surface area contributed by atoms with Crippen molar-refractivity contribution < 1.29 is 22.4 Å². The van der Waals surface area contributed by atoms with Crippen molar-refractivity contribution in [3.05, 3.63) is 89.7 Å². The van der Waals surface area contributed by atoms with Crippen molar-refractivity contribution in [2.24, 2.45) is 0 Å². The molecule has 0 spiro atoms. The zero-order valence-electron chi connectivity index (χ0n) is 15.9. The number of rotatable bonds is 4. The number of nitrogens with zero attached hydrogens (tertiary/aromatic N) is 2. The van der Waals surface area contributed by atoms with Gasteiger partial charge in [0.2, 0.25) is 0 Å². The first kappa shape index (κ1) is 19.9. The van der Waals surface area contributed by atoms with E-state index in [1.165, 1.54) is 29.2 Å². The molecule has 1 aliphatic heterocycles. The Hall–Kier alpha value is -3.35. The summed E-state index contributed by atoms with van der Waals surface area (Å²) in [7, 11) is 0. The molecule has 1 heterocycles. The van der Waals surface area contributed by atoms with Crippen LogP contribution in [0.5, 0.6) is 0 Å². The molecule has 0 saturated carbocycles. The lowest BCUT2D eigenvalue weighted by Crippen LogP contribution is -2.44. The van der Waals surface area contributed by atoms with E-state index in [-0.39, 0.29) is 24.0 Å². The Bertz CT molecular complexity index is 1060. The maximum atomic E-state index is 13.1. The van der Waals surface area contributed by atoms with Gasteiger partial charge >= 0.3 is 6.18 Å². The van der Waals surface area contributed by atoms with E-state index in [2.05, 4.69) is 0 Å². The fraction of sp³-hybridized carbons (Fsp3) is 0.174. The summed E-state index contributed by atoms with van der Waals surface area (Å²) in [5.74, 6) is -0.624. The highest BCUT2D eigenvalue weighted by Gasteiger charge is 2.34. The number of benzene rings is 3. The molecule has 3 aromatic carbocycles. The molecule has 0 bridgehead atoms. The minimum absolute atomic E-state index is 0.0362. The maximum Gasteiger partial charge on any atom is 0.416 e. The van der Waals surface area contributed by atoms with E-state index in [1.807, 2.05) is 17.0 Å². The molecule has 1 aliphatic rings. The first-order valence-corrected chi connectivity index (χ1v) is 9.41. The van der Waals surface area contributed by atoms with Crippen LogP contribution in [0.15, 0.2) is 72.8 Å². The number of carbonyl (C=O) groups excluding carboxylic acids is 1. The molecule has 3 nitrogen and oxygen atoms in total. The summed E-state index contributed by atoms with van der Waals surface area (Å²) < 4.78 is 52.5. The second kappa shape index (κ2) is 7.82. The largest absolute Gasteiger partial charge is 0.416 e. The molecule has 0 aromatic heterocycles. The van der Waals surface area contributed by atoms with Gasteiger partial charge in [-0.15, -0.1) is 0 Å². The SMILES string of the molecule is O=C1CN(CCc2ccc(F)cc2)c2ccccc2N1c1cccc(C(F)(F)F)c1. The molecule has 0 N–H and O–H groups in total. The van der Waals surface area contributed by atoms with Crippen LogP contribution in [0.25, 0.3) is 0 Å². The standard InChI is InChI=1S/C23H18F4N2O/c24-18-10-8-16(9-11-18)12-13-28-15-22(30)29(21-7-2-1-6-20(21)28)19-5-3-4-17(14-19)23(25,26)27/h1-11,14H,12-13,15H2. The van der Waals surface area contributed by atoms with Gasteiger partial charge < -0.3 is 4.90 Å². The Kier molecular flexibility index (Phi) is 5.20. The average molecular weight is 414 g/mol. The third-order valence-corrected chi connectivity index (χ3v) is 5.05. The highest BCUT2D eigenvalue weighted by atomic mass is 19.4. The molecule has 0 saturated heterocycles. The van der Waals surface area contributed by atoms with Gasteiger partial charge in [0.15, 0.2) is 0 Å². The number of hydrogen-bond donors (Lipinski definition) is 0. The lowest BCUT2D eigenvalue weighted by molar-refractivity contribution is -0.137. The number of hydrogen-bond acceptors (Lipinski definition) is 2. The fourth-order valence-corrected chi connectivity index (χ4v) is 3.59. The number of halogens is 4. The van der Waals surface area contributed by atoms with Gasteiger partial charge in [0.25, 0.3) is 5.91 Å². The molecule has 0 unspecified atom stereocenters. The van der Waals surface area contributed by atoms with Crippen molar-refractivity contribution in [1.82, 2.24) is 0 Å². The Labute approximate surface area is 171 Å². The van der Waals surface area contributed by atoms with Gasteiger partial charge in [-0.3, -0.25) is 9.69 Å². The number of fused-ring (bicyclic) bond motifs is 1. The Morgan fingerprint density at radius 3 is 2.27 bits per heavy atom. The number of alkyl halides is 3. The monoisotopic (exact) mass is 414 g/mol. The zero-order valence-corrected chi connectivity index (χ0v) is 15.9. The quantitative estimate of drug-likeness (QED) is 0.521. The predicted octanol–water partition coefficient (Wildman–Crippen LogP) is 5.57. The molecule has 0 radical (unpaired) electrons. The van der Waals surface area contributed by atoms with Crippen molar-refractivity contribution in [2.45, 2.75) is 12.6 Å². The summed E-state index contributed by atoms with van der Waals surface area (Å²) in [6.07, 6.45) is -3.89. The first-order valence-electron chi connectivity index (χ1n) is 9.41. The molecule has 30 heavy (non-hydrogen) atoms. The summed E-state index contributed by atoms with van der Waals surface area (Å²) in [6, 6.07) is 18.1. The highest BCUT2D eigenvalue weighted by molar-refractivity contribution is 6.08. The van der Waals surface area contributed by atoms with Crippen molar-refractivity contribution in [2.75, 3.05) is 22.9 Å². The molecule has 4 rings (SSSR count). The lowest BCUT2D eigenvalue weighted by Gasteiger charge is -2.37. The average Bonchev–Trinajstić information content (AvgIpc) is 2.72. The van der Waals surface area contributed by atoms with E-state index < -0.39 is 11.7 Å². The third kappa shape index (κ3) is 4.01. The van der Waals surface area contributed by atoms with Crippen LogP contribution in [0, 0.1) is 5.82 Å². The van der Waals surface area contributed by atoms with Crippen molar-refractivity contribution in [3.8, 4) is 0 Å². The normalized spacial score (nSPS) is 14.1. The molecule has 0 aliphatic carbocycles. The summed E-state index contributed by atoms with van der Waals surface area (Å²) in [4.78, 5) is 16.2. The van der Waals surface area contributed by atoms with Crippen LogP contribution in [0.2, 0.25) is 0 Å². The minimum atomic E-state index is -4.49. The second-order valence-corrected chi connectivity index (χ2v) is 7.06. The molecule has 1 amide bonds. The summed E-state index contributed by atoms with van der Waals surface area (Å²) in [5, 5.41) is 0. The van der Waals surface area contributed by atoms with Crippen LogP contribution in [0.4, 0.5) is 34.6 Å². The van der Waals surface area contributed by atoms with E-state index in [4.69, 9.17) is 0 Å². The molecule has 3 aromatic rings. The van der Waals surface area contributed by atoms with Gasteiger partial charge in [-0.05, 0) is 54.4 Å². The van der Waals surface area contributed by atoms with E-state index in [9.17, 15) is 22.4 Å². The Morgan fingerprint density at radius 2 is 1.57 bits per heavy atom. The zero-order chi connectivity index (χ0) is 21.3. The summed E-state index contributed by atoms with van der Waals surface area (Å²) in [5.41, 5.74) is 1.61. The maximum absolute atomic E-state index is 13.1.